The number of nitrogens with one attached hydrogen (secondary N) is 1. The molecule has 8 heteroatoms. The van der Waals surface area contributed by atoms with Gasteiger partial charge in [0.1, 0.15) is 11.6 Å². The van der Waals surface area contributed by atoms with E-state index in [0.29, 0.717) is 28.6 Å². The van der Waals surface area contributed by atoms with Crippen molar-refractivity contribution in [2.45, 2.75) is 25.7 Å². The third kappa shape index (κ3) is 4.75. The number of hydrogen-bond acceptors (Lipinski definition) is 4. The third-order valence-electron chi connectivity index (χ3n) is 5.53. The Morgan fingerprint density at radius 3 is 2.45 bits per heavy atom. The van der Waals surface area contributed by atoms with Gasteiger partial charge in [-0.2, -0.15) is 13.2 Å². The van der Waals surface area contributed by atoms with Crippen LogP contribution in [-0.4, -0.2) is 14.5 Å². The molecule has 4 aromatic rings. The van der Waals surface area contributed by atoms with Gasteiger partial charge in [0.2, 0.25) is 0 Å². The summed E-state index contributed by atoms with van der Waals surface area (Å²) >= 11 is 0. The van der Waals surface area contributed by atoms with Gasteiger partial charge in [0, 0.05) is 30.4 Å². The first kappa shape index (κ1) is 22.5. The Hall–Kier alpha value is -3.65. The van der Waals surface area contributed by atoms with Crippen LogP contribution in [0.4, 0.5) is 19.0 Å². The second-order valence-electron chi connectivity index (χ2n) is 7.77. The number of rotatable bonds is 6. The van der Waals surface area contributed by atoms with Crippen molar-refractivity contribution in [3.05, 3.63) is 89.9 Å². The number of hydrogen-bond donors (Lipinski definition) is 2. The van der Waals surface area contributed by atoms with Gasteiger partial charge in [0.15, 0.2) is 0 Å². The molecular weight excluding hydrogens is 427 g/mol. The van der Waals surface area contributed by atoms with Crippen LogP contribution in [0.5, 0.6) is 0 Å². The molecular formula is C25H24F3N5. The lowest BCUT2D eigenvalue weighted by molar-refractivity contribution is -0.137. The molecule has 170 valence electrons. The fraction of sp³-hybridized carbons (Fsp3) is 0.200. The standard InChI is InChI=1S/C25H24F3N5/c1-16(17-7-4-3-5-8-17)31-21-14-19(11-12-30-21)24-23(32-22(15-29)33(24)2)18-9-6-10-20(13-18)25(26,27)28/h3-14,16H,15,29H2,1-2H3,(H,30,31). The summed E-state index contributed by atoms with van der Waals surface area (Å²) < 4.78 is 41.7. The van der Waals surface area contributed by atoms with E-state index in [4.69, 9.17) is 5.73 Å². The van der Waals surface area contributed by atoms with Crippen molar-refractivity contribution in [1.82, 2.24) is 14.5 Å². The number of anilines is 1. The quantitative estimate of drug-likeness (QED) is 0.389. The van der Waals surface area contributed by atoms with Gasteiger partial charge >= 0.3 is 6.18 Å². The lowest BCUT2D eigenvalue weighted by Crippen LogP contribution is -2.08. The molecule has 0 bridgehead atoms. The molecule has 2 heterocycles. The average molecular weight is 451 g/mol. The van der Waals surface area contributed by atoms with Gasteiger partial charge in [-0.3, -0.25) is 0 Å². The van der Waals surface area contributed by atoms with Crippen LogP contribution in [0, 0.1) is 0 Å². The third-order valence-corrected chi connectivity index (χ3v) is 5.53. The molecule has 1 unspecified atom stereocenters. The maximum absolute atomic E-state index is 13.3. The number of alkyl halides is 3. The highest BCUT2D eigenvalue weighted by Crippen LogP contribution is 2.36. The molecule has 3 N–H and O–H groups in total. The van der Waals surface area contributed by atoms with Gasteiger partial charge in [-0.05, 0) is 36.8 Å². The zero-order chi connectivity index (χ0) is 23.6. The molecule has 0 saturated carbocycles. The first-order valence-electron chi connectivity index (χ1n) is 10.5. The molecule has 5 nitrogen and oxygen atoms in total. The van der Waals surface area contributed by atoms with E-state index in [1.54, 1.807) is 12.3 Å². The predicted octanol–water partition coefficient (Wildman–Crippen LogP) is 5.80. The Bertz CT molecular complexity index is 1250. The van der Waals surface area contributed by atoms with E-state index in [1.165, 1.54) is 6.07 Å². The Balaban J connectivity index is 1.76. The highest BCUT2D eigenvalue weighted by Gasteiger charge is 2.31. The van der Waals surface area contributed by atoms with Crippen LogP contribution >= 0.6 is 0 Å². The van der Waals surface area contributed by atoms with Gasteiger partial charge < -0.3 is 15.6 Å². The number of halogens is 3. The smallest absolute Gasteiger partial charge is 0.364 e. The largest absolute Gasteiger partial charge is 0.416 e. The van der Waals surface area contributed by atoms with Crippen molar-refractivity contribution in [1.29, 1.82) is 0 Å². The normalized spacial score (nSPS) is 12.5. The molecule has 0 saturated heterocycles. The Labute approximate surface area is 190 Å². The van der Waals surface area contributed by atoms with Crippen LogP contribution in [0.15, 0.2) is 72.9 Å². The Morgan fingerprint density at radius 1 is 1.00 bits per heavy atom. The molecule has 0 aliphatic heterocycles. The van der Waals surface area contributed by atoms with Crippen LogP contribution in [0.1, 0.15) is 29.9 Å². The minimum Gasteiger partial charge on any atom is -0.364 e. The zero-order valence-electron chi connectivity index (χ0n) is 18.3. The molecule has 0 amide bonds. The lowest BCUT2D eigenvalue weighted by Gasteiger charge is -2.16. The fourth-order valence-electron chi connectivity index (χ4n) is 3.81. The van der Waals surface area contributed by atoms with E-state index in [1.807, 2.05) is 61.0 Å². The van der Waals surface area contributed by atoms with Crippen LogP contribution in [0.2, 0.25) is 0 Å². The van der Waals surface area contributed by atoms with Crippen LogP contribution in [0.3, 0.4) is 0 Å². The molecule has 0 spiro atoms. The Kier molecular flexibility index (Phi) is 6.20. The summed E-state index contributed by atoms with van der Waals surface area (Å²) in [6, 6.07) is 18.8. The van der Waals surface area contributed by atoms with Crippen LogP contribution in [-0.2, 0) is 19.8 Å². The minimum atomic E-state index is -4.44. The second kappa shape index (κ2) is 9.07. The number of aromatic nitrogens is 3. The van der Waals surface area contributed by atoms with Gasteiger partial charge in [0.05, 0.1) is 23.5 Å². The van der Waals surface area contributed by atoms with Crippen molar-refractivity contribution in [2.24, 2.45) is 12.8 Å². The maximum atomic E-state index is 13.3. The van der Waals surface area contributed by atoms with Gasteiger partial charge in [-0.1, -0.05) is 42.5 Å². The second-order valence-corrected chi connectivity index (χ2v) is 7.77. The van der Waals surface area contributed by atoms with E-state index in [9.17, 15) is 13.2 Å². The molecule has 0 fully saturated rings. The van der Waals surface area contributed by atoms with Crippen molar-refractivity contribution < 1.29 is 13.2 Å². The number of imidazole rings is 1. The number of pyridine rings is 1. The minimum absolute atomic E-state index is 0.0167. The van der Waals surface area contributed by atoms with Crippen LogP contribution < -0.4 is 11.1 Å². The summed E-state index contributed by atoms with van der Waals surface area (Å²) in [5, 5.41) is 3.38. The molecule has 1 atom stereocenters. The molecule has 0 aliphatic rings. The summed E-state index contributed by atoms with van der Waals surface area (Å²) in [6.07, 6.45) is -2.77. The predicted molar refractivity (Wildman–Crippen MR) is 123 cm³/mol. The van der Waals surface area contributed by atoms with E-state index in [2.05, 4.69) is 15.3 Å². The fourth-order valence-corrected chi connectivity index (χ4v) is 3.81. The van der Waals surface area contributed by atoms with E-state index in [0.717, 1.165) is 23.3 Å². The Morgan fingerprint density at radius 2 is 1.76 bits per heavy atom. The monoisotopic (exact) mass is 451 g/mol. The van der Waals surface area contributed by atoms with E-state index in [-0.39, 0.29) is 12.6 Å². The lowest BCUT2D eigenvalue weighted by atomic mass is 10.0. The van der Waals surface area contributed by atoms with Gasteiger partial charge in [-0.25, -0.2) is 9.97 Å². The highest BCUT2D eigenvalue weighted by molar-refractivity contribution is 5.80. The number of nitrogens with two attached hydrogens (primary N) is 1. The molecule has 4 rings (SSSR count). The number of benzene rings is 2. The van der Waals surface area contributed by atoms with E-state index >= 15 is 0 Å². The van der Waals surface area contributed by atoms with Gasteiger partial charge in [-0.15, -0.1) is 0 Å². The van der Waals surface area contributed by atoms with Crippen LogP contribution in [0.25, 0.3) is 22.5 Å². The highest BCUT2D eigenvalue weighted by atomic mass is 19.4. The van der Waals surface area contributed by atoms with Crippen molar-refractivity contribution in [3.8, 4) is 22.5 Å². The molecule has 2 aromatic carbocycles. The van der Waals surface area contributed by atoms with E-state index < -0.39 is 11.7 Å². The summed E-state index contributed by atoms with van der Waals surface area (Å²) in [6.45, 7) is 2.19. The summed E-state index contributed by atoms with van der Waals surface area (Å²) in [5.41, 5.74) is 8.51. The SMILES string of the molecule is CC(Nc1cc(-c2c(-c3cccc(C(F)(F)F)c3)nc(CN)n2C)ccn1)c1ccccc1. The molecule has 33 heavy (non-hydrogen) atoms. The zero-order valence-corrected chi connectivity index (χ0v) is 18.3. The molecule has 0 aliphatic carbocycles. The van der Waals surface area contributed by atoms with Crippen molar-refractivity contribution >= 4 is 5.82 Å². The van der Waals surface area contributed by atoms with Gasteiger partial charge in [0.25, 0.3) is 0 Å². The topological polar surface area (TPSA) is 68.8 Å². The number of nitrogens with zero attached hydrogens (tertiary/aromatic N) is 3. The summed E-state index contributed by atoms with van der Waals surface area (Å²) in [7, 11) is 1.81. The maximum Gasteiger partial charge on any atom is 0.416 e. The van der Waals surface area contributed by atoms with Crippen molar-refractivity contribution in [3.63, 3.8) is 0 Å². The molecule has 2 aromatic heterocycles. The first-order valence-corrected chi connectivity index (χ1v) is 10.5. The summed E-state index contributed by atoms with van der Waals surface area (Å²) in [4.78, 5) is 8.99. The summed E-state index contributed by atoms with van der Waals surface area (Å²) in [5.74, 6) is 1.22. The first-order chi connectivity index (χ1) is 15.8. The average Bonchev–Trinajstić information content (AvgIpc) is 3.15. The molecule has 0 radical (unpaired) electrons. The van der Waals surface area contributed by atoms with Crippen molar-refractivity contribution in [2.75, 3.05) is 5.32 Å².